The average molecular weight is 417 g/mol. The molecule has 3 aromatic carbocycles. The fourth-order valence-electron chi connectivity index (χ4n) is 3.77. The zero-order valence-electron chi connectivity index (χ0n) is 18.5. The first-order chi connectivity index (χ1) is 15.1. The van der Waals surface area contributed by atoms with Crippen molar-refractivity contribution in [2.45, 2.75) is 26.8 Å². The maximum atomic E-state index is 6.07. The Kier molecular flexibility index (Phi) is 6.12. The van der Waals surface area contributed by atoms with Crippen molar-refractivity contribution in [1.29, 1.82) is 0 Å². The number of para-hydroxylation sites is 2. The van der Waals surface area contributed by atoms with Gasteiger partial charge < -0.3 is 18.8 Å². The number of rotatable bonds is 8. The summed E-state index contributed by atoms with van der Waals surface area (Å²) in [6.45, 7) is 5.60. The van der Waals surface area contributed by atoms with Gasteiger partial charge in [-0.15, -0.1) is 0 Å². The quantitative estimate of drug-likeness (QED) is 0.340. The molecule has 0 atom stereocenters. The van der Waals surface area contributed by atoms with Crippen LogP contribution in [0.15, 0.2) is 60.7 Å². The van der Waals surface area contributed by atoms with E-state index in [1.54, 1.807) is 14.2 Å². The van der Waals surface area contributed by atoms with Crippen LogP contribution in [-0.4, -0.2) is 30.4 Å². The van der Waals surface area contributed by atoms with E-state index in [2.05, 4.69) is 42.7 Å². The number of hydrogen-bond acceptors (Lipinski definition) is 4. The number of hydrogen-bond donors (Lipinski definition) is 0. The Morgan fingerprint density at radius 2 is 1.65 bits per heavy atom. The molecule has 0 aliphatic carbocycles. The Morgan fingerprint density at radius 1 is 0.839 bits per heavy atom. The van der Waals surface area contributed by atoms with Gasteiger partial charge in [0.05, 0.1) is 31.9 Å². The van der Waals surface area contributed by atoms with Gasteiger partial charge in [0.2, 0.25) is 0 Å². The first-order valence-corrected chi connectivity index (χ1v) is 10.5. The van der Waals surface area contributed by atoms with Crippen LogP contribution < -0.4 is 14.2 Å². The normalized spacial score (nSPS) is 11.0. The minimum absolute atomic E-state index is 0.641. The highest BCUT2D eigenvalue weighted by atomic mass is 16.5. The predicted molar refractivity (Wildman–Crippen MR) is 124 cm³/mol. The minimum Gasteiger partial charge on any atom is -0.493 e. The van der Waals surface area contributed by atoms with E-state index in [0.29, 0.717) is 18.1 Å². The lowest BCUT2D eigenvalue weighted by Gasteiger charge is -2.13. The molecule has 0 amide bonds. The summed E-state index contributed by atoms with van der Waals surface area (Å²) in [5, 5.41) is 0. The maximum Gasteiger partial charge on any atom is 0.161 e. The molecule has 0 aliphatic heterocycles. The molecule has 5 nitrogen and oxygen atoms in total. The average Bonchev–Trinajstić information content (AvgIpc) is 3.17. The van der Waals surface area contributed by atoms with Gasteiger partial charge in [-0.2, -0.15) is 0 Å². The number of aromatic nitrogens is 2. The molecule has 0 radical (unpaired) electrons. The van der Waals surface area contributed by atoms with Crippen molar-refractivity contribution in [3.05, 3.63) is 71.8 Å². The van der Waals surface area contributed by atoms with E-state index < -0.39 is 0 Å². The van der Waals surface area contributed by atoms with Crippen LogP contribution in [0.3, 0.4) is 0 Å². The molecule has 4 aromatic rings. The number of fused-ring (bicyclic) bond motifs is 1. The molecular weight excluding hydrogens is 388 g/mol. The van der Waals surface area contributed by atoms with Crippen molar-refractivity contribution in [3.8, 4) is 28.6 Å². The molecule has 5 heteroatoms. The Morgan fingerprint density at radius 3 is 2.45 bits per heavy atom. The van der Waals surface area contributed by atoms with Gasteiger partial charge in [-0.3, -0.25) is 0 Å². The van der Waals surface area contributed by atoms with Crippen molar-refractivity contribution in [1.82, 2.24) is 9.55 Å². The molecule has 0 saturated heterocycles. The second-order valence-corrected chi connectivity index (χ2v) is 7.62. The summed E-state index contributed by atoms with van der Waals surface area (Å²) in [7, 11) is 3.29. The molecule has 1 heterocycles. The van der Waals surface area contributed by atoms with E-state index in [0.717, 1.165) is 46.7 Å². The molecule has 1 aromatic heterocycles. The van der Waals surface area contributed by atoms with Gasteiger partial charge in [0.15, 0.2) is 11.5 Å². The summed E-state index contributed by atoms with van der Waals surface area (Å²) < 4.78 is 19.2. The molecule has 0 saturated carbocycles. The number of ether oxygens (including phenoxy) is 3. The van der Waals surface area contributed by atoms with Crippen LogP contribution in [0.1, 0.15) is 17.5 Å². The molecule has 0 spiro atoms. The summed E-state index contributed by atoms with van der Waals surface area (Å²) in [6, 6.07) is 20.4. The second-order valence-electron chi connectivity index (χ2n) is 7.62. The van der Waals surface area contributed by atoms with E-state index in [4.69, 9.17) is 19.2 Å². The van der Waals surface area contributed by atoms with E-state index in [1.807, 2.05) is 36.4 Å². The topological polar surface area (TPSA) is 45.5 Å². The number of aryl methyl sites for hydroxylation is 3. The highest BCUT2D eigenvalue weighted by Gasteiger charge is 2.15. The van der Waals surface area contributed by atoms with Crippen LogP contribution >= 0.6 is 0 Å². The monoisotopic (exact) mass is 416 g/mol. The van der Waals surface area contributed by atoms with Gasteiger partial charge in [-0.1, -0.05) is 24.3 Å². The summed E-state index contributed by atoms with van der Waals surface area (Å²) in [5.41, 5.74) is 5.44. The molecule has 0 bridgehead atoms. The van der Waals surface area contributed by atoms with Crippen LogP contribution in [-0.2, 0) is 6.54 Å². The van der Waals surface area contributed by atoms with Gasteiger partial charge in [0, 0.05) is 12.1 Å². The van der Waals surface area contributed by atoms with Crippen molar-refractivity contribution < 1.29 is 14.2 Å². The minimum atomic E-state index is 0.641. The second kappa shape index (κ2) is 9.13. The highest BCUT2D eigenvalue weighted by molar-refractivity contribution is 5.81. The fourth-order valence-corrected chi connectivity index (χ4v) is 3.77. The lowest BCUT2D eigenvalue weighted by molar-refractivity contribution is 0.301. The van der Waals surface area contributed by atoms with Gasteiger partial charge in [0.1, 0.15) is 11.6 Å². The first kappa shape index (κ1) is 20.8. The molecule has 0 fully saturated rings. The highest BCUT2D eigenvalue weighted by Crippen LogP contribution is 2.33. The van der Waals surface area contributed by atoms with Gasteiger partial charge >= 0.3 is 0 Å². The lowest BCUT2D eigenvalue weighted by atomic mass is 10.1. The number of methoxy groups -OCH3 is 2. The van der Waals surface area contributed by atoms with Crippen LogP contribution in [0.25, 0.3) is 22.4 Å². The maximum absolute atomic E-state index is 6.07. The smallest absolute Gasteiger partial charge is 0.161 e. The standard InChI is InChI=1S/C26H28N2O3/c1-18-10-11-19(2)24(16-18)31-15-7-14-28-22-9-6-5-8-21(22)27-26(28)20-12-13-23(29-3)25(17-20)30-4/h5-6,8-13,16-17H,7,14-15H2,1-4H3. The molecule has 31 heavy (non-hydrogen) atoms. The van der Waals surface area contributed by atoms with Crippen molar-refractivity contribution >= 4 is 11.0 Å². The van der Waals surface area contributed by atoms with E-state index >= 15 is 0 Å². The van der Waals surface area contributed by atoms with Gasteiger partial charge in [-0.25, -0.2) is 4.98 Å². The summed E-state index contributed by atoms with van der Waals surface area (Å²) in [6.07, 6.45) is 0.869. The number of imidazole rings is 1. The number of nitrogens with zero attached hydrogens (tertiary/aromatic N) is 2. The first-order valence-electron chi connectivity index (χ1n) is 10.5. The van der Waals surface area contributed by atoms with Crippen LogP contribution in [0, 0.1) is 13.8 Å². The largest absolute Gasteiger partial charge is 0.493 e. The Balaban J connectivity index is 1.59. The van der Waals surface area contributed by atoms with Crippen molar-refractivity contribution in [2.75, 3.05) is 20.8 Å². The van der Waals surface area contributed by atoms with Gasteiger partial charge in [-0.05, 0) is 67.8 Å². The SMILES string of the molecule is COc1ccc(-c2nc3ccccc3n2CCCOc2cc(C)ccc2C)cc1OC. The Hall–Kier alpha value is -3.47. The van der Waals surface area contributed by atoms with Crippen molar-refractivity contribution in [2.24, 2.45) is 0 Å². The summed E-state index contributed by atoms with van der Waals surface area (Å²) in [5.74, 6) is 3.26. The van der Waals surface area contributed by atoms with E-state index in [9.17, 15) is 0 Å². The Labute approximate surface area is 183 Å². The molecule has 0 unspecified atom stereocenters. The molecule has 0 N–H and O–H groups in total. The fraction of sp³-hybridized carbons (Fsp3) is 0.269. The molecular formula is C26H28N2O3. The molecule has 160 valence electrons. The zero-order valence-corrected chi connectivity index (χ0v) is 18.5. The van der Waals surface area contributed by atoms with Crippen LogP contribution in [0.2, 0.25) is 0 Å². The number of benzene rings is 3. The third kappa shape index (κ3) is 4.36. The predicted octanol–water partition coefficient (Wildman–Crippen LogP) is 5.81. The zero-order chi connectivity index (χ0) is 21.8. The van der Waals surface area contributed by atoms with Crippen molar-refractivity contribution in [3.63, 3.8) is 0 Å². The lowest BCUT2D eigenvalue weighted by Crippen LogP contribution is -2.07. The third-order valence-electron chi connectivity index (χ3n) is 5.42. The Bertz CT molecular complexity index is 1200. The van der Waals surface area contributed by atoms with Crippen LogP contribution in [0.5, 0.6) is 17.2 Å². The van der Waals surface area contributed by atoms with E-state index in [-0.39, 0.29) is 0 Å². The van der Waals surface area contributed by atoms with Crippen LogP contribution in [0.4, 0.5) is 0 Å². The van der Waals surface area contributed by atoms with Gasteiger partial charge in [0.25, 0.3) is 0 Å². The summed E-state index contributed by atoms with van der Waals surface area (Å²) >= 11 is 0. The van der Waals surface area contributed by atoms with E-state index in [1.165, 1.54) is 5.56 Å². The molecule has 0 aliphatic rings. The molecule has 4 rings (SSSR count). The third-order valence-corrected chi connectivity index (χ3v) is 5.42. The summed E-state index contributed by atoms with van der Waals surface area (Å²) in [4.78, 5) is 4.90.